The third-order valence-electron chi connectivity index (χ3n) is 7.24. The molecule has 0 radical (unpaired) electrons. The lowest BCUT2D eigenvalue weighted by molar-refractivity contribution is 0.0697. The van der Waals surface area contributed by atoms with Gasteiger partial charge in [-0.25, -0.2) is 4.79 Å². The van der Waals surface area contributed by atoms with E-state index in [9.17, 15) is 9.90 Å². The zero-order valence-electron chi connectivity index (χ0n) is 19.1. The number of hydrogen-bond donors (Lipinski definition) is 1. The van der Waals surface area contributed by atoms with Crippen molar-refractivity contribution in [2.24, 2.45) is 0 Å². The second-order valence-electron chi connectivity index (χ2n) is 9.62. The third-order valence-corrected chi connectivity index (χ3v) is 8.14. The van der Waals surface area contributed by atoms with Crippen molar-refractivity contribution < 1.29 is 9.90 Å². The highest BCUT2D eigenvalue weighted by atomic mass is 32.1. The highest BCUT2D eigenvalue weighted by Gasteiger charge is 2.29. The molecule has 2 aliphatic rings. The van der Waals surface area contributed by atoms with E-state index in [0.717, 1.165) is 38.2 Å². The number of aromatic nitrogens is 1. The van der Waals surface area contributed by atoms with Crippen LogP contribution in [0, 0.1) is 0 Å². The first-order valence-electron chi connectivity index (χ1n) is 11.9. The normalized spacial score (nSPS) is 17.8. The lowest BCUT2D eigenvalue weighted by Crippen LogP contribution is -2.34. The van der Waals surface area contributed by atoms with Crippen molar-refractivity contribution in [3.8, 4) is 11.3 Å². The Balaban J connectivity index is 1.68. The van der Waals surface area contributed by atoms with Crippen molar-refractivity contribution in [2.75, 3.05) is 33.7 Å². The van der Waals surface area contributed by atoms with Crippen LogP contribution in [0.2, 0.25) is 0 Å². The largest absolute Gasteiger partial charge is 0.478 e. The van der Waals surface area contributed by atoms with Gasteiger partial charge in [-0.15, -0.1) is 11.3 Å². The molecule has 1 fully saturated rings. The summed E-state index contributed by atoms with van der Waals surface area (Å²) in [6.07, 6.45) is 6.39. The Morgan fingerprint density at radius 1 is 1.16 bits per heavy atom. The van der Waals surface area contributed by atoms with Gasteiger partial charge in [-0.05, 0) is 62.0 Å². The number of hydrogen-bond acceptors (Lipinski definition) is 4. The maximum atomic E-state index is 11.8. The van der Waals surface area contributed by atoms with Gasteiger partial charge in [-0.3, -0.25) is 4.90 Å². The number of likely N-dealkylation sites (N-methyl/N-ethyl adjacent to an activating group) is 1. The maximum absolute atomic E-state index is 11.8. The van der Waals surface area contributed by atoms with E-state index in [4.69, 9.17) is 0 Å². The van der Waals surface area contributed by atoms with Crippen LogP contribution in [-0.2, 0) is 13.1 Å². The quantitative estimate of drug-likeness (QED) is 0.557. The third kappa shape index (κ3) is 4.00. The molecule has 5 rings (SSSR count). The van der Waals surface area contributed by atoms with Gasteiger partial charge in [0.2, 0.25) is 0 Å². The summed E-state index contributed by atoms with van der Waals surface area (Å²) in [7, 11) is 4.25. The molecule has 32 heavy (non-hydrogen) atoms. The number of carboxylic acid groups (broad SMARTS) is 1. The molecule has 1 N–H and O–H groups in total. The monoisotopic (exact) mass is 451 g/mol. The van der Waals surface area contributed by atoms with Crippen LogP contribution in [0.25, 0.3) is 22.2 Å². The molecule has 1 aliphatic heterocycles. The van der Waals surface area contributed by atoms with Crippen molar-refractivity contribution in [3.05, 3.63) is 45.6 Å². The van der Waals surface area contributed by atoms with Crippen LogP contribution in [0.4, 0.5) is 0 Å². The van der Waals surface area contributed by atoms with E-state index in [1.807, 2.05) is 17.4 Å². The zero-order valence-corrected chi connectivity index (χ0v) is 20.0. The number of thiophene rings is 1. The fourth-order valence-corrected chi connectivity index (χ4v) is 6.48. The molecule has 3 aromatic rings. The van der Waals surface area contributed by atoms with Gasteiger partial charge in [0.15, 0.2) is 0 Å². The number of benzene rings is 1. The van der Waals surface area contributed by atoms with Crippen LogP contribution in [0.15, 0.2) is 29.6 Å². The minimum atomic E-state index is -0.851. The number of carboxylic acids is 1. The van der Waals surface area contributed by atoms with Crippen LogP contribution in [0.3, 0.4) is 0 Å². The SMILES string of the molecule is CN(C)CCN1CCn2c(c(C3CCCCC3)c3ccc(C(=O)O)cc32)-c2ccsc2C1. The van der Waals surface area contributed by atoms with Gasteiger partial charge < -0.3 is 14.6 Å². The van der Waals surface area contributed by atoms with E-state index >= 15 is 0 Å². The van der Waals surface area contributed by atoms with Gasteiger partial charge in [0.25, 0.3) is 0 Å². The summed E-state index contributed by atoms with van der Waals surface area (Å²) in [5.41, 5.74) is 5.66. The van der Waals surface area contributed by atoms with Gasteiger partial charge in [0.1, 0.15) is 0 Å². The van der Waals surface area contributed by atoms with Gasteiger partial charge in [0.05, 0.1) is 11.3 Å². The second-order valence-corrected chi connectivity index (χ2v) is 10.6. The minimum absolute atomic E-state index is 0.380. The van der Waals surface area contributed by atoms with Gasteiger partial charge in [-0.2, -0.15) is 0 Å². The molecule has 0 spiro atoms. The van der Waals surface area contributed by atoms with Crippen LogP contribution < -0.4 is 0 Å². The van der Waals surface area contributed by atoms with Crippen LogP contribution >= 0.6 is 11.3 Å². The molecule has 3 heterocycles. The van der Waals surface area contributed by atoms with Crippen molar-refractivity contribution >= 4 is 28.2 Å². The van der Waals surface area contributed by atoms with E-state index in [0.29, 0.717) is 11.5 Å². The molecule has 1 aromatic carbocycles. The molecule has 170 valence electrons. The fourth-order valence-electron chi connectivity index (χ4n) is 5.57. The van der Waals surface area contributed by atoms with Crippen molar-refractivity contribution in [2.45, 2.75) is 51.1 Å². The topological polar surface area (TPSA) is 48.7 Å². The summed E-state index contributed by atoms with van der Waals surface area (Å²) in [5.74, 6) is -0.286. The van der Waals surface area contributed by atoms with E-state index in [1.54, 1.807) is 6.07 Å². The van der Waals surface area contributed by atoms with Crippen LogP contribution in [0.5, 0.6) is 0 Å². The predicted molar refractivity (Wildman–Crippen MR) is 132 cm³/mol. The summed E-state index contributed by atoms with van der Waals surface area (Å²) in [6.45, 7) is 4.94. The smallest absolute Gasteiger partial charge is 0.335 e. The highest BCUT2D eigenvalue weighted by Crippen LogP contribution is 2.46. The number of fused-ring (bicyclic) bond motifs is 5. The lowest BCUT2D eigenvalue weighted by atomic mass is 9.81. The number of rotatable bonds is 5. The van der Waals surface area contributed by atoms with Crippen LogP contribution in [0.1, 0.15) is 58.8 Å². The molecule has 1 saturated carbocycles. The molecule has 6 heteroatoms. The molecule has 0 saturated heterocycles. The number of carbonyl (C=O) groups is 1. The molecule has 0 atom stereocenters. The molecule has 0 amide bonds. The molecular formula is C26H33N3O2S. The first-order valence-corrected chi connectivity index (χ1v) is 12.7. The van der Waals surface area contributed by atoms with Crippen molar-refractivity contribution in [3.63, 3.8) is 0 Å². The Morgan fingerprint density at radius 2 is 1.97 bits per heavy atom. The average Bonchev–Trinajstić information content (AvgIpc) is 3.35. The molecule has 5 nitrogen and oxygen atoms in total. The van der Waals surface area contributed by atoms with Crippen molar-refractivity contribution in [1.29, 1.82) is 0 Å². The van der Waals surface area contributed by atoms with Crippen molar-refractivity contribution in [1.82, 2.24) is 14.4 Å². The van der Waals surface area contributed by atoms with E-state index < -0.39 is 5.97 Å². The summed E-state index contributed by atoms with van der Waals surface area (Å²) in [5, 5.41) is 13.2. The Labute approximate surface area is 194 Å². The zero-order chi connectivity index (χ0) is 22.2. The second kappa shape index (κ2) is 9.00. The molecule has 1 aliphatic carbocycles. The molecule has 0 unspecified atom stereocenters. The standard InChI is InChI=1S/C26H33N3O2S/c1-27(2)11-12-28-13-14-29-22-16-19(26(30)31)8-9-20(22)24(18-6-4-3-5-7-18)25(29)21-10-15-32-23(21)17-28/h8-10,15-16,18H,3-7,11-14,17H2,1-2H3,(H,30,31). The Kier molecular flexibility index (Phi) is 6.10. The molecular weight excluding hydrogens is 418 g/mol. The minimum Gasteiger partial charge on any atom is -0.478 e. The first kappa shape index (κ1) is 21.7. The fraction of sp³-hybridized carbons (Fsp3) is 0.500. The molecule has 2 aromatic heterocycles. The summed E-state index contributed by atoms with van der Waals surface area (Å²) >= 11 is 1.86. The van der Waals surface area contributed by atoms with Crippen LogP contribution in [-0.4, -0.2) is 59.2 Å². The Bertz CT molecular complexity index is 1120. The number of aromatic carboxylic acids is 1. The van der Waals surface area contributed by atoms with E-state index in [-0.39, 0.29) is 0 Å². The predicted octanol–water partition coefficient (Wildman–Crippen LogP) is 5.49. The Hall–Kier alpha value is -2.15. The molecule has 0 bridgehead atoms. The summed E-state index contributed by atoms with van der Waals surface area (Å²) < 4.78 is 2.44. The lowest BCUT2D eigenvalue weighted by Gasteiger charge is -2.29. The van der Waals surface area contributed by atoms with E-state index in [1.165, 1.54) is 59.2 Å². The summed E-state index contributed by atoms with van der Waals surface area (Å²) in [4.78, 5) is 18.0. The van der Waals surface area contributed by atoms with Gasteiger partial charge >= 0.3 is 5.97 Å². The van der Waals surface area contributed by atoms with Gasteiger partial charge in [-0.1, -0.05) is 25.3 Å². The maximum Gasteiger partial charge on any atom is 0.335 e. The highest BCUT2D eigenvalue weighted by molar-refractivity contribution is 7.10. The van der Waals surface area contributed by atoms with E-state index in [2.05, 4.69) is 46.0 Å². The number of nitrogens with zero attached hydrogens (tertiary/aromatic N) is 3. The van der Waals surface area contributed by atoms with Gasteiger partial charge in [0, 0.05) is 54.1 Å². The first-order chi connectivity index (χ1) is 15.5. The summed E-state index contributed by atoms with van der Waals surface area (Å²) in [6, 6.07) is 8.08. The average molecular weight is 452 g/mol. The Morgan fingerprint density at radius 3 is 2.72 bits per heavy atom.